The largest absolute Gasteiger partial charge is 0.361 e. The Labute approximate surface area is 129 Å². The van der Waals surface area contributed by atoms with E-state index in [4.69, 9.17) is 16.1 Å². The molecule has 2 rings (SSSR count). The van der Waals surface area contributed by atoms with Gasteiger partial charge in [-0.1, -0.05) is 22.8 Å². The van der Waals surface area contributed by atoms with E-state index < -0.39 is 10.0 Å². The fourth-order valence-electron chi connectivity index (χ4n) is 1.95. The minimum Gasteiger partial charge on any atom is -0.361 e. The molecule has 0 unspecified atom stereocenters. The van der Waals surface area contributed by atoms with E-state index in [-0.39, 0.29) is 11.4 Å². The molecular formula is C14H17ClN2O3S. The Bertz CT molecular complexity index is 749. The number of aromatic nitrogens is 1. The van der Waals surface area contributed by atoms with E-state index in [0.29, 0.717) is 16.5 Å². The predicted molar refractivity (Wildman–Crippen MR) is 80.8 cm³/mol. The highest BCUT2D eigenvalue weighted by Crippen LogP contribution is 2.24. The lowest BCUT2D eigenvalue weighted by Crippen LogP contribution is -2.27. The summed E-state index contributed by atoms with van der Waals surface area (Å²) in [5, 5.41) is 4.26. The molecule has 0 aliphatic carbocycles. The second kappa shape index (κ2) is 5.79. The van der Waals surface area contributed by atoms with E-state index >= 15 is 0 Å². The van der Waals surface area contributed by atoms with Gasteiger partial charge in [0.2, 0.25) is 10.0 Å². The Morgan fingerprint density at radius 2 is 1.95 bits per heavy atom. The van der Waals surface area contributed by atoms with Crippen LogP contribution in [0.25, 0.3) is 0 Å². The lowest BCUT2D eigenvalue weighted by molar-refractivity contribution is 0.390. The van der Waals surface area contributed by atoms with Gasteiger partial charge in [-0.25, -0.2) is 8.42 Å². The fraction of sp³-hybridized carbons (Fsp3) is 0.357. The van der Waals surface area contributed by atoms with Gasteiger partial charge in [0.15, 0.2) is 0 Å². The summed E-state index contributed by atoms with van der Waals surface area (Å²) in [6.07, 6.45) is 0. The molecule has 1 aromatic carbocycles. The highest BCUT2D eigenvalue weighted by molar-refractivity contribution is 7.89. The molecule has 114 valence electrons. The average Bonchev–Trinajstić information content (AvgIpc) is 2.73. The van der Waals surface area contributed by atoms with Crippen molar-refractivity contribution in [1.82, 2.24) is 9.46 Å². The predicted octanol–water partition coefficient (Wildman–Crippen LogP) is 3.07. The number of benzene rings is 1. The zero-order valence-electron chi connectivity index (χ0n) is 12.3. The van der Waals surface area contributed by atoms with Gasteiger partial charge in [0, 0.05) is 24.2 Å². The SMILES string of the molecule is Cc1ccc(S(=O)(=O)N(C)Cc2c(C)noc2C)cc1Cl. The summed E-state index contributed by atoms with van der Waals surface area (Å²) in [5.41, 5.74) is 2.31. The van der Waals surface area contributed by atoms with Crippen molar-refractivity contribution in [3.63, 3.8) is 0 Å². The standard InChI is InChI=1S/C14H17ClN2O3S/c1-9-5-6-12(7-14(9)15)21(18,19)17(4)8-13-10(2)16-20-11(13)3/h5-7H,8H2,1-4H3. The molecule has 0 atom stereocenters. The van der Waals surface area contributed by atoms with Crippen LogP contribution in [0.1, 0.15) is 22.6 Å². The minimum atomic E-state index is -3.61. The molecule has 0 radical (unpaired) electrons. The summed E-state index contributed by atoms with van der Waals surface area (Å²) in [5.74, 6) is 0.622. The Morgan fingerprint density at radius 1 is 1.29 bits per heavy atom. The number of rotatable bonds is 4. The first kappa shape index (κ1) is 16.0. The fourth-order valence-corrected chi connectivity index (χ4v) is 3.36. The highest BCUT2D eigenvalue weighted by atomic mass is 35.5. The molecule has 0 aliphatic heterocycles. The molecule has 2 aromatic rings. The summed E-state index contributed by atoms with van der Waals surface area (Å²) in [6, 6.07) is 4.72. The normalized spacial score (nSPS) is 12.1. The zero-order valence-corrected chi connectivity index (χ0v) is 13.9. The lowest BCUT2D eigenvalue weighted by atomic mass is 10.2. The first-order valence-corrected chi connectivity index (χ1v) is 8.19. The van der Waals surface area contributed by atoms with Crippen molar-refractivity contribution < 1.29 is 12.9 Å². The first-order chi connectivity index (χ1) is 9.73. The van der Waals surface area contributed by atoms with Gasteiger partial charge in [0.25, 0.3) is 0 Å². The quantitative estimate of drug-likeness (QED) is 0.865. The number of halogens is 1. The van der Waals surface area contributed by atoms with Gasteiger partial charge < -0.3 is 4.52 Å². The van der Waals surface area contributed by atoms with Gasteiger partial charge >= 0.3 is 0 Å². The molecule has 5 nitrogen and oxygen atoms in total. The maximum Gasteiger partial charge on any atom is 0.243 e. The van der Waals surface area contributed by atoms with Crippen molar-refractivity contribution in [2.45, 2.75) is 32.2 Å². The number of aryl methyl sites for hydroxylation is 3. The second-order valence-electron chi connectivity index (χ2n) is 4.97. The topological polar surface area (TPSA) is 63.4 Å². The molecule has 0 bridgehead atoms. The third-order valence-electron chi connectivity index (χ3n) is 3.41. The zero-order chi connectivity index (χ0) is 15.8. The van der Waals surface area contributed by atoms with E-state index in [1.54, 1.807) is 26.0 Å². The van der Waals surface area contributed by atoms with Crippen LogP contribution in [0.3, 0.4) is 0 Å². The van der Waals surface area contributed by atoms with E-state index in [1.165, 1.54) is 17.4 Å². The Hall–Kier alpha value is -1.37. The molecule has 0 spiro atoms. The van der Waals surface area contributed by atoms with Crippen LogP contribution in [-0.4, -0.2) is 24.9 Å². The summed E-state index contributed by atoms with van der Waals surface area (Å²) in [7, 11) is -2.09. The number of hydrogen-bond acceptors (Lipinski definition) is 4. The molecule has 0 fully saturated rings. The van der Waals surface area contributed by atoms with Gasteiger partial charge in [-0.2, -0.15) is 4.31 Å². The monoisotopic (exact) mass is 328 g/mol. The minimum absolute atomic E-state index is 0.173. The van der Waals surface area contributed by atoms with Crippen molar-refractivity contribution in [2.24, 2.45) is 0 Å². The number of hydrogen-bond donors (Lipinski definition) is 0. The van der Waals surface area contributed by atoms with Crippen molar-refractivity contribution in [2.75, 3.05) is 7.05 Å². The Kier molecular flexibility index (Phi) is 4.41. The number of nitrogens with zero attached hydrogens (tertiary/aromatic N) is 2. The van der Waals surface area contributed by atoms with E-state index in [2.05, 4.69) is 5.16 Å². The lowest BCUT2D eigenvalue weighted by Gasteiger charge is -2.17. The maximum atomic E-state index is 12.6. The maximum absolute atomic E-state index is 12.6. The van der Waals surface area contributed by atoms with Crippen LogP contribution in [0.2, 0.25) is 5.02 Å². The van der Waals surface area contributed by atoms with Crippen LogP contribution in [0.5, 0.6) is 0 Å². The summed E-state index contributed by atoms with van der Waals surface area (Å²) in [6.45, 7) is 5.58. The second-order valence-corrected chi connectivity index (χ2v) is 7.43. The molecule has 7 heteroatoms. The average molecular weight is 329 g/mol. The van der Waals surface area contributed by atoms with Crippen LogP contribution < -0.4 is 0 Å². The highest BCUT2D eigenvalue weighted by Gasteiger charge is 2.24. The molecule has 0 amide bonds. The van der Waals surface area contributed by atoms with Crippen LogP contribution in [-0.2, 0) is 16.6 Å². The van der Waals surface area contributed by atoms with Crippen LogP contribution in [0.4, 0.5) is 0 Å². The van der Waals surface area contributed by atoms with Crippen LogP contribution in [0.15, 0.2) is 27.6 Å². The van der Waals surface area contributed by atoms with Gasteiger partial charge in [-0.15, -0.1) is 0 Å². The van der Waals surface area contributed by atoms with Crippen molar-refractivity contribution >= 4 is 21.6 Å². The van der Waals surface area contributed by atoms with Crippen molar-refractivity contribution in [1.29, 1.82) is 0 Å². The van der Waals surface area contributed by atoms with Crippen LogP contribution >= 0.6 is 11.6 Å². The third-order valence-corrected chi connectivity index (χ3v) is 5.62. The van der Waals surface area contributed by atoms with Crippen molar-refractivity contribution in [3.8, 4) is 0 Å². The molecule has 0 aliphatic rings. The Balaban J connectivity index is 2.32. The van der Waals surface area contributed by atoms with E-state index in [0.717, 1.165) is 11.1 Å². The summed E-state index contributed by atoms with van der Waals surface area (Å²) in [4.78, 5) is 0.173. The molecule has 0 N–H and O–H groups in total. The molecule has 0 saturated carbocycles. The molecule has 0 saturated heterocycles. The van der Waals surface area contributed by atoms with Crippen molar-refractivity contribution in [3.05, 3.63) is 45.8 Å². The summed E-state index contributed by atoms with van der Waals surface area (Å²) < 4.78 is 31.4. The molecule has 1 heterocycles. The summed E-state index contributed by atoms with van der Waals surface area (Å²) >= 11 is 6.01. The third kappa shape index (κ3) is 3.12. The van der Waals surface area contributed by atoms with Gasteiger partial charge in [-0.3, -0.25) is 0 Å². The van der Waals surface area contributed by atoms with Crippen LogP contribution in [0, 0.1) is 20.8 Å². The molecular weight excluding hydrogens is 312 g/mol. The van der Waals surface area contributed by atoms with Gasteiger partial charge in [0.1, 0.15) is 5.76 Å². The molecule has 21 heavy (non-hydrogen) atoms. The smallest absolute Gasteiger partial charge is 0.243 e. The van der Waals surface area contributed by atoms with E-state index in [1.807, 2.05) is 6.92 Å². The first-order valence-electron chi connectivity index (χ1n) is 6.37. The molecule has 1 aromatic heterocycles. The Morgan fingerprint density at radius 3 is 2.48 bits per heavy atom. The number of sulfonamides is 1. The van der Waals surface area contributed by atoms with E-state index in [9.17, 15) is 8.42 Å². The van der Waals surface area contributed by atoms with Gasteiger partial charge in [0.05, 0.1) is 10.6 Å². The van der Waals surface area contributed by atoms with Gasteiger partial charge in [-0.05, 0) is 38.5 Å².